The molecule has 0 aliphatic heterocycles. The van der Waals surface area contributed by atoms with E-state index in [-0.39, 0.29) is 19.3 Å². The Morgan fingerprint density at radius 3 is 1.69 bits per heavy atom. The van der Waals surface area contributed by atoms with Crippen molar-refractivity contribution in [2.75, 3.05) is 13.2 Å². The number of carbonyl (C=O) groups excluding carboxylic acids is 2. The van der Waals surface area contributed by atoms with E-state index in [0.717, 1.165) is 64.2 Å². The lowest BCUT2D eigenvalue weighted by Gasteiger charge is -2.43. The first-order valence-corrected chi connectivity index (χ1v) is 29.2. The molecule has 1 aliphatic rings. The third-order valence-electron chi connectivity index (χ3n) is 11.3. The lowest BCUT2D eigenvalue weighted by Crippen LogP contribution is -2.64. The lowest BCUT2D eigenvalue weighted by atomic mass is 9.85. The highest BCUT2D eigenvalue weighted by molar-refractivity contribution is 7.47. The van der Waals surface area contributed by atoms with E-state index >= 15 is 0 Å². The predicted molar refractivity (Wildman–Crippen MR) is 285 cm³/mol. The Bertz CT molecular complexity index is 1870. The van der Waals surface area contributed by atoms with Crippen LogP contribution in [0.5, 0.6) is 0 Å². The van der Waals surface area contributed by atoms with Gasteiger partial charge in [0.05, 0.1) is 18.8 Å². The molecule has 0 radical (unpaired) electrons. The van der Waals surface area contributed by atoms with Gasteiger partial charge in [0, 0.05) is 12.8 Å². The quantitative estimate of drug-likeness (QED) is 0.00906. The zero-order valence-electron chi connectivity index (χ0n) is 43.4. The number of unbranched alkanes of at least 4 members (excludes halogenated alkanes) is 11. The van der Waals surface area contributed by atoms with Crippen molar-refractivity contribution in [3.05, 3.63) is 109 Å². The van der Waals surface area contributed by atoms with Crippen LogP contribution in [0.3, 0.4) is 0 Å². The maximum Gasteiger partial charge on any atom is 0.472 e. The summed E-state index contributed by atoms with van der Waals surface area (Å²) in [6.07, 6.45) is 35.1. The Balaban J connectivity index is 2.66. The minimum atomic E-state index is -5.40. The first-order valence-electron chi connectivity index (χ1n) is 26.2. The summed E-state index contributed by atoms with van der Waals surface area (Å²) in [6.45, 7) is 2.74. The van der Waals surface area contributed by atoms with E-state index in [0.29, 0.717) is 25.7 Å². The van der Waals surface area contributed by atoms with Crippen LogP contribution in [0.4, 0.5) is 0 Å². The van der Waals surface area contributed by atoms with E-state index in [9.17, 15) is 64.0 Å². The molecule has 0 heterocycles. The number of phosphoric acid groups is 2. The monoisotopic (exact) mass is 1090 g/mol. The molecule has 1 saturated carbocycles. The van der Waals surface area contributed by atoms with E-state index in [2.05, 4.69) is 47.9 Å². The molecule has 10 atom stereocenters. The van der Waals surface area contributed by atoms with Crippen molar-refractivity contribution in [3.8, 4) is 0 Å². The Morgan fingerprint density at radius 2 is 1.07 bits per heavy atom. The van der Waals surface area contributed by atoms with Crippen molar-refractivity contribution < 1.29 is 87.1 Å². The van der Waals surface area contributed by atoms with Gasteiger partial charge >= 0.3 is 27.6 Å². The van der Waals surface area contributed by atoms with Crippen LogP contribution in [0.1, 0.15) is 149 Å². The van der Waals surface area contributed by atoms with Crippen molar-refractivity contribution in [1.82, 2.24) is 0 Å². The lowest BCUT2D eigenvalue weighted by molar-refractivity contribution is -0.216. The molecule has 0 aromatic heterocycles. The number of esters is 2. The standard InChI is InChI=1S/C54H88O18P2/c1-3-5-7-8-9-10-11-12-13-14-15-16-17-18-19-20-21-25-28-34-40-47(57)68-42-46(43-69-74(66,67)72-54-51(61)49(59)50(60)53(52(54)62)71-73(63,64)65)70-48(58)41-35-29-33-39-45(56)38-32-27-24-22-23-26-31-37-44(55)36-30-6-4-2/h6,10-11,13-14,16-17,23-24,26-27,30-33,37-39,44-46,49-56,59-62H,3-5,7-9,12,15,18-22,25,28-29,34-36,40-43H2,1-2H3,(H,66,67)(H2,63,64,65)/b11-10-,14-13-,17-16-,26-23-,27-24-,30-6-,37-31+,38-32+,39-33-/t44-,45-,46+,49?,50?,51?,52?,53+,54-/m0/s1. The highest BCUT2D eigenvalue weighted by atomic mass is 31.2. The van der Waals surface area contributed by atoms with Crippen molar-refractivity contribution in [1.29, 1.82) is 0 Å². The minimum Gasteiger partial charge on any atom is -0.462 e. The van der Waals surface area contributed by atoms with Crippen LogP contribution in [-0.4, -0.2) is 125 Å². The van der Waals surface area contributed by atoms with Crippen molar-refractivity contribution in [2.24, 2.45) is 0 Å². The average molecular weight is 1090 g/mol. The van der Waals surface area contributed by atoms with Crippen LogP contribution < -0.4 is 0 Å². The van der Waals surface area contributed by atoms with Crippen LogP contribution >= 0.6 is 15.6 Å². The van der Waals surface area contributed by atoms with Gasteiger partial charge in [-0.3, -0.25) is 23.2 Å². The number of carbonyl (C=O) groups is 2. The number of allylic oxidation sites excluding steroid dienone is 14. The molecule has 0 amide bonds. The summed E-state index contributed by atoms with van der Waals surface area (Å²) in [5.41, 5.74) is 0. The van der Waals surface area contributed by atoms with E-state index in [1.54, 1.807) is 36.5 Å². The summed E-state index contributed by atoms with van der Waals surface area (Å²) in [5, 5.41) is 61.5. The maximum atomic E-state index is 13.0. The van der Waals surface area contributed by atoms with Gasteiger partial charge in [-0.05, 0) is 77.0 Å². The largest absolute Gasteiger partial charge is 0.472 e. The summed E-state index contributed by atoms with van der Waals surface area (Å²) in [5.74, 6) is -1.41. The Hall–Kier alpha value is -3.42. The van der Waals surface area contributed by atoms with Gasteiger partial charge in [-0.1, -0.05) is 168 Å². The summed E-state index contributed by atoms with van der Waals surface area (Å²) in [4.78, 5) is 54.5. The molecule has 1 fully saturated rings. The molecule has 5 unspecified atom stereocenters. The summed E-state index contributed by atoms with van der Waals surface area (Å²) in [6, 6.07) is 0. The molecule has 0 aromatic carbocycles. The Kier molecular flexibility index (Phi) is 39.5. The number of ether oxygens (including phenoxy) is 2. The molecule has 18 nitrogen and oxygen atoms in total. The summed E-state index contributed by atoms with van der Waals surface area (Å²) < 4.78 is 49.3. The van der Waals surface area contributed by atoms with Crippen LogP contribution in [0.15, 0.2) is 109 Å². The SMILES string of the molecule is CC/C=C\C[C@H](O)/C=C/C=C\C/C=C\C=C\[C@H](O)/C=C\CCCC(=O)O[C@H](COC(=O)CCCCCCCC/C=C\C/C=C\C/C=C\CCCCCC)COP(=O)(O)O[C@H]1C(O)C(O)C(O)[C@@H](OP(=O)(O)O)C1O. The summed E-state index contributed by atoms with van der Waals surface area (Å²) in [7, 11) is -10.8. The third kappa shape index (κ3) is 36.5. The number of aliphatic hydroxyl groups excluding tert-OH is 6. The Labute approximate surface area is 439 Å². The van der Waals surface area contributed by atoms with Crippen molar-refractivity contribution >= 4 is 27.6 Å². The van der Waals surface area contributed by atoms with E-state index in [1.807, 2.05) is 37.3 Å². The van der Waals surface area contributed by atoms with E-state index in [1.165, 1.54) is 31.8 Å². The second-order valence-electron chi connectivity index (χ2n) is 17.9. The zero-order valence-corrected chi connectivity index (χ0v) is 45.2. The fraction of sp³-hybridized carbons (Fsp3) is 0.630. The van der Waals surface area contributed by atoms with Gasteiger partial charge in [0.25, 0.3) is 0 Å². The van der Waals surface area contributed by atoms with Gasteiger partial charge < -0.3 is 54.8 Å². The molecule has 9 N–H and O–H groups in total. The molecule has 0 saturated heterocycles. The number of aliphatic hydroxyl groups is 6. The molecule has 0 bridgehead atoms. The van der Waals surface area contributed by atoms with Crippen LogP contribution in [-0.2, 0) is 41.8 Å². The average Bonchev–Trinajstić information content (AvgIpc) is 3.35. The smallest absolute Gasteiger partial charge is 0.462 e. The molecule has 0 aromatic rings. The van der Waals surface area contributed by atoms with Crippen molar-refractivity contribution in [2.45, 2.75) is 204 Å². The van der Waals surface area contributed by atoms with Crippen LogP contribution in [0.25, 0.3) is 0 Å². The first kappa shape index (κ1) is 68.6. The van der Waals surface area contributed by atoms with Crippen molar-refractivity contribution in [3.63, 3.8) is 0 Å². The molecular weight excluding hydrogens is 999 g/mol. The third-order valence-corrected chi connectivity index (χ3v) is 12.8. The highest BCUT2D eigenvalue weighted by Crippen LogP contribution is 2.49. The molecule has 0 spiro atoms. The molecule has 74 heavy (non-hydrogen) atoms. The summed E-state index contributed by atoms with van der Waals surface area (Å²) >= 11 is 0. The molecule has 20 heteroatoms. The topological polar surface area (TPSA) is 296 Å². The van der Waals surface area contributed by atoms with Gasteiger partial charge in [0.2, 0.25) is 0 Å². The van der Waals surface area contributed by atoms with Gasteiger partial charge in [-0.2, -0.15) is 0 Å². The molecular formula is C54H88O18P2. The van der Waals surface area contributed by atoms with Crippen LogP contribution in [0, 0.1) is 0 Å². The first-order chi connectivity index (χ1) is 35.4. The fourth-order valence-electron chi connectivity index (χ4n) is 7.18. The van der Waals surface area contributed by atoms with Crippen LogP contribution in [0.2, 0.25) is 0 Å². The highest BCUT2D eigenvalue weighted by Gasteiger charge is 2.54. The molecule has 422 valence electrons. The van der Waals surface area contributed by atoms with Gasteiger partial charge in [0.15, 0.2) is 6.10 Å². The predicted octanol–water partition coefficient (Wildman–Crippen LogP) is 8.84. The molecule has 1 aliphatic carbocycles. The Morgan fingerprint density at radius 1 is 0.527 bits per heavy atom. The maximum absolute atomic E-state index is 13.0. The fourth-order valence-corrected chi connectivity index (χ4v) is 8.72. The second kappa shape index (κ2) is 42.7. The molecule has 1 rings (SSSR count). The zero-order chi connectivity index (χ0) is 54.9. The number of hydrogen-bond acceptors (Lipinski definition) is 15. The number of phosphoric ester groups is 2. The van der Waals surface area contributed by atoms with Gasteiger partial charge in [0.1, 0.15) is 43.2 Å². The van der Waals surface area contributed by atoms with E-state index in [4.69, 9.17) is 18.5 Å². The number of hydrogen-bond donors (Lipinski definition) is 9. The number of rotatable bonds is 42. The van der Waals surface area contributed by atoms with Gasteiger partial charge in [-0.15, -0.1) is 0 Å². The van der Waals surface area contributed by atoms with Gasteiger partial charge in [-0.25, -0.2) is 9.13 Å². The van der Waals surface area contributed by atoms with E-state index < -0.39 is 95.7 Å². The second-order valence-corrected chi connectivity index (χ2v) is 20.5. The minimum absolute atomic E-state index is 0.0562. The normalized spacial score (nSPS) is 22.3.